The average molecular weight is 181 g/mol. The molecule has 72 valence electrons. The summed E-state index contributed by atoms with van der Waals surface area (Å²) in [6, 6.07) is 2.13. The van der Waals surface area contributed by atoms with Crippen molar-refractivity contribution in [3.63, 3.8) is 0 Å². The first-order valence-electron chi connectivity index (χ1n) is 4.74. The summed E-state index contributed by atoms with van der Waals surface area (Å²) in [5, 5.41) is 9.06. The zero-order valence-electron chi connectivity index (χ0n) is 8.33. The molecule has 0 spiro atoms. The lowest BCUT2D eigenvalue weighted by Gasteiger charge is -2.22. The Kier molecular flexibility index (Phi) is 2.60. The highest BCUT2D eigenvalue weighted by Gasteiger charge is 2.54. The van der Waals surface area contributed by atoms with Crippen LogP contribution in [0, 0.1) is 22.7 Å². The molecule has 3 heteroatoms. The van der Waals surface area contributed by atoms with E-state index in [4.69, 9.17) is 10.00 Å². The van der Waals surface area contributed by atoms with Crippen molar-refractivity contribution in [1.82, 2.24) is 0 Å². The molecule has 1 aliphatic heterocycles. The Labute approximate surface area is 78.7 Å². The number of ether oxygens (including phenoxy) is 1. The van der Waals surface area contributed by atoms with Gasteiger partial charge in [0.2, 0.25) is 0 Å². The van der Waals surface area contributed by atoms with Crippen LogP contribution in [0.3, 0.4) is 0 Å². The van der Waals surface area contributed by atoms with Gasteiger partial charge in [-0.1, -0.05) is 13.8 Å². The predicted molar refractivity (Wildman–Crippen MR) is 47.7 cm³/mol. The number of esters is 1. The van der Waals surface area contributed by atoms with E-state index in [1.807, 2.05) is 20.8 Å². The second kappa shape index (κ2) is 3.37. The van der Waals surface area contributed by atoms with Gasteiger partial charge in [0.15, 0.2) is 5.41 Å². The predicted octanol–water partition coefficient (Wildman–Crippen LogP) is 1.88. The van der Waals surface area contributed by atoms with E-state index in [9.17, 15) is 4.79 Å². The van der Waals surface area contributed by atoms with Gasteiger partial charge in [0.25, 0.3) is 0 Å². The van der Waals surface area contributed by atoms with Crippen LogP contribution in [-0.4, -0.2) is 12.1 Å². The number of hydrogen-bond acceptors (Lipinski definition) is 3. The topological polar surface area (TPSA) is 50.1 Å². The fourth-order valence-electron chi connectivity index (χ4n) is 2.20. The molecule has 0 aliphatic carbocycles. The quantitative estimate of drug-likeness (QED) is 0.611. The molecule has 13 heavy (non-hydrogen) atoms. The van der Waals surface area contributed by atoms with Crippen LogP contribution < -0.4 is 0 Å². The standard InChI is InChI=1S/C10H15NO2/c1-4-8-7(3)13-9(12)10(8,5-2)6-11/h7-8H,4-5H2,1-3H3. The molecule has 1 rings (SSSR count). The fraction of sp³-hybridized carbons (Fsp3) is 0.800. The van der Waals surface area contributed by atoms with Crippen molar-refractivity contribution >= 4 is 5.97 Å². The Hall–Kier alpha value is -1.04. The SMILES string of the molecule is CCC1C(C)OC(=O)C1(C#N)CC. The largest absolute Gasteiger partial charge is 0.461 e. The zero-order chi connectivity index (χ0) is 10.1. The highest BCUT2D eigenvalue weighted by molar-refractivity contribution is 5.82. The van der Waals surface area contributed by atoms with Gasteiger partial charge in [-0.25, -0.2) is 0 Å². The minimum atomic E-state index is -0.881. The molecule has 1 heterocycles. The van der Waals surface area contributed by atoms with E-state index in [1.165, 1.54) is 0 Å². The Morgan fingerprint density at radius 2 is 2.23 bits per heavy atom. The molecule has 3 nitrogen and oxygen atoms in total. The van der Waals surface area contributed by atoms with Crippen LogP contribution in [0.25, 0.3) is 0 Å². The van der Waals surface area contributed by atoms with Crippen molar-refractivity contribution < 1.29 is 9.53 Å². The molecule has 0 radical (unpaired) electrons. The maximum absolute atomic E-state index is 11.5. The molecule has 0 N–H and O–H groups in total. The van der Waals surface area contributed by atoms with E-state index in [0.717, 1.165) is 6.42 Å². The molecule has 0 amide bonds. The number of cyclic esters (lactones) is 1. The van der Waals surface area contributed by atoms with Gasteiger partial charge in [0.05, 0.1) is 6.07 Å². The molecule has 0 aromatic rings. The van der Waals surface area contributed by atoms with E-state index in [-0.39, 0.29) is 18.0 Å². The Morgan fingerprint density at radius 3 is 2.54 bits per heavy atom. The van der Waals surface area contributed by atoms with Crippen molar-refractivity contribution in [3.05, 3.63) is 0 Å². The van der Waals surface area contributed by atoms with Gasteiger partial charge < -0.3 is 4.74 Å². The molecule has 0 aromatic carbocycles. The van der Waals surface area contributed by atoms with Crippen LogP contribution in [0.15, 0.2) is 0 Å². The summed E-state index contributed by atoms with van der Waals surface area (Å²) in [5.41, 5.74) is -0.881. The van der Waals surface area contributed by atoms with Crippen molar-refractivity contribution in [1.29, 1.82) is 5.26 Å². The van der Waals surface area contributed by atoms with E-state index in [1.54, 1.807) is 0 Å². The number of carbonyl (C=O) groups excluding carboxylic acids is 1. The number of hydrogen-bond donors (Lipinski definition) is 0. The molecule has 1 aliphatic rings. The zero-order valence-corrected chi connectivity index (χ0v) is 8.33. The summed E-state index contributed by atoms with van der Waals surface area (Å²) in [4.78, 5) is 11.5. The Morgan fingerprint density at radius 1 is 1.62 bits per heavy atom. The van der Waals surface area contributed by atoms with Crippen molar-refractivity contribution in [2.75, 3.05) is 0 Å². The summed E-state index contributed by atoms with van der Waals surface area (Å²) >= 11 is 0. The minimum absolute atomic E-state index is 0.0509. The third kappa shape index (κ3) is 1.21. The van der Waals surface area contributed by atoms with Gasteiger partial charge in [-0.2, -0.15) is 5.26 Å². The Balaban J connectivity index is 3.05. The number of nitriles is 1. The van der Waals surface area contributed by atoms with E-state index in [2.05, 4.69) is 6.07 Å². The fourth-order valence-corrected chi connectivity index (χ4v) is 2.20. The van der Waals surface area contributed by atoms with Gasteiger partial charge in [-0.3, -0.25) is 4.79 Å². The summed E-state index contributed by atoms with van der Waals surface area (Å²) in [5.74, 6) is -0.285. The monoisotopic (exact) mass is 181 g/mol. The van der Waals surface area contributed by atoms with Crippen molar-refractivity contribution in [3.8, 4) is 6.07 Å². The summed E-state index contributed by atoms with van der Waals surface area (Å²) in [6.07, 6.45) is 1.25. The molecule has 0 saturated carbocycles. The number of rotatable bonds is 2. The molecule has 0 aromatic heterocycles. The molecular weight excluding hydrogens is 166 g/mol. The average Bonchev–Trinajstić information content (AvgIpc) is 2.36. The third-order valence-electron chi connectivity index (χ3n) is 3.05. The number of carbonyl (C=O) groups is 1. The smallest absolute Gasteiger partial charge is 0.327 e. The maximum atomic E-state index is 11.5. The Bertz CT molecular complexity index is 256. The van der Waals surface area contributed by atoms with Gasteiger partial charge in [-0.15, -0.1) is 0 Å². The summed E-state index contributed by atoms with van der Waals surface area (Å²) in [6.45, 7) is 5.72. The van der Waals surface area contributed by atoms with Crippen LogP contribution in [-0.2, 0) is 9.53 Å². The highest BCUT2D eigenvalue weighted by Crippen LogP contribution is 2.43. The summed E-state index contributed by atoms with van der Waals surface area (Å²) in [7, 11) is 0. The molecule has 1 fully saturated rings. The highest BCUT2D eigenvalue weighted by atomic mass is 16.6. The molecule has 3 unspecified atom stereocenters. The normalized spacial score (nSPS) is 38.5. The maximum Gasteiger partial charge on any atom is 0.327 e. The minimum Gasteiger partial charge on any atom is -0.461 e. The second-order valence-corrected chi connectivity index (χ2v) is 3.56. The summed E-state index contributed by atoms with van der Waals surface area (Å²) < 4.78 is 5.10. The van der Waals surface area contributed by atoms with Gasteiger partial charge in [0, 0.05) is 5.92 Å². The van der Waals surface area contributed by atoms with E-state index >= 15 is 0 Å². The first kappa shape index (κ1) is 10.0. The molecule has 0 bridgehead atoms. The van der Waals surface area contributed by atoms with Crippen LogP contribution in [0.5, 0.6) is 0 Å². The second-order valence-electron chi connectivity index (χ2n) is 3.56. The van der Waals surface area contributed by atoms with Crippen molar-refractivity contribution in [2.24, 2.45) is 11.3 Å². The third-order valence-corrected chi connectivity index (χ3v) is 3.05. The molecular formula is C10H15NO2. The lowest BCUT2D eigenvalue weighted by atomic mass is 9.73. The van der Waals surface area contributed by atoms with Crippen LogP contribution in [0.1, 0.15) is 33.6 Å². The van der Waals surface area contributed by atoms with Crippen LogP contribution in [0.2, 0.25) is 0 Å². The van der Waals surface area contributed by atoms with Gasteiger partial charge in [0.1, 0.15) is 6.10 Å². The van der Waals surface area contributed by atoms with Gasteiger partial charge >= 0.3 is 5.97 Å². The van der Waals surface area contributed by atoms with E-state index in [0.29, 0.717) is 6.42 Å². The lowest BCUT2D eigenvalue weighted by Crippen LogP contribution is -2.31. The number of nitrogens with zero attached hydrogens (tertiary/aromatic N) is 1. The molecule has 3 atom stereocenters. The van der Waals surface area contributed by atoms with Crippen LogP contribution >= 0.6 is 0 Å². The first-order valence-corrected chi connectivity index (χ1v) is 4.74. The van der Waals surface area contributed by atoms with Gasteiger partial charge in [-0.05, 0) is 19.8 Å². The van der Waals surface area contributed by atoms with Crippen molar-refractivity contribution in [2.45, 2.75) is 39.7 Å². The van der Waals surface area contributed by atoms with E-state index < -0.39 is 5.41 Å². The van der Waals surface area contributed by atoms with Crippen LogP contribution in [0.4, 0.5) is 0 Å². The lowest BCUT2D eigenvalue weighted by molar-refractivity contribution is -0.146. The first-order chi connectivity index (χ1) is 6.12. The molecule has 1 saturated heterocycles.